The molecule has 0 N–H and O–H groups in total. The van der Waals surface area contributed by atoms with Gasteiger partial charge in [-0.1, -0.05) is 0 Å². The second-order valence-corrected chi connectivity index (χ2v) is 7.14. The Morgan fingerprint density at radius 1 is 1.59 bits per heavy atom. The summed E-state index contributed by atoms with van der Waals surface area (Å²) < 4.78 is 1.05. The SMILES string of the molecule is Cc1cc(C(=O)N2CCC(CCl)CC2)sc1Br. The maximum atomic E-state index is 12.2. The lowest BCUT2D eigenvalue weighted by Gasteiger charge is -2.30. The van der Waals surface area contributed by atoms with E-state index in [1.807, 2.05) is 17.9 Å². The van der Waals surface area contributed by atoms with Crippen LogP contribution in [0.2, 0.25) is 0 Å². The Morgan fingerprint density at radius 3 is 2.71 bits per heavy atom. The fourth-order valence-electron chi connectivity index (χ4n) is 2.01. The standard InChI is InChI=1S/C12H15BrClNOS/c1-8-6-10(17-11(8)13)12(16)15-4-2-9(7-14)3-5-15/h6,9H,2-5,7H2,1H3. The Kier molecular flexibility index (Phi) is 4.50. The first-order valence-electron chi connectivity index (χ1n) is 5.73. The molecule has 1 aromatic rings. The summed E-state index contributed by atoms with van der Waals surface area (Å²) in [6, 6.07) is 1.96. The fourth-order valence-corrected chi connectivity index (χ4v) is 3.82. The van der Waals surface area contributed by atoms with Crippen molar-refractivity contribution < 1.29 is 4.79 Å². The largest absolute Gasteiger partial charge is 0.338 e. The second-order valence-electron chi connectivity index (χ2n) is 4.46. The number of piperidine rings is 1. The first-order chi connectivity index (χ1) is 8.11. The van der Waals surface area contributed by atoms with Gasteiger partial charge in [-0.05, 0) is 53.2 Å². The van der Waals surface area contributed by atoms with E-state index in [0.717, 1.165) is 40.2 Å². The van der Waals surface area contributed by atoms with Crippen molar-refractivity contribution in [3.05, 3.63) is 20.3 Å². The summed E-state index contributed by atoms with van der Waals surface area (Å²) in [4.78, 5) is 15.0. The van der Waals surface area contributed by atoms with Gasteiger partial charge in [-0.3, -0.25) is 4.79 Å². The molecule has 1 saturated heterocycles. The molecule has 17 heavy (non-hydrogen) atoms. The number of thiophene rings is 1. The van der Waals surface area contributed by atoms with Crippen molar-refractivity contribution in [3.8, 4) is 0 Å². The third-order valence-electron chi connectivity index (χ3n) is 3.19. The summed E-state index contributed by atoms with van der Waals surface area (Å²) in [7, 11) is 0. The molecular weight excluding hydrogens is 322 g/mol. The number of nitrogens with zero attached hydrogens (tertiary/aromatic N) is 1. The highest BCUT2D eigenvalue weighted by atomic mass is 79.9. The molecule has 5 heteroatoms. The first kappa shape index (κ1) is 13.4. The number of halogens is 2. The zero-order chi connectivity index (χ0) is 12.4. The summed E-state index contributed by atoms with van der Waals surface area (Å²) in [5.41, 5.74) is 1.13. The first-order valence-corrected chi connectivity index (χ1v) is 7.87. The van der Waals surface area contributed by atoms with E-state index < -0.39 is 0 Å². The quantitative estimate of drug-likeness (QED) is 0.750. The van der Waals surface area contributed by atoms with Crippen molar-refractivity contribution in [2.75, 3.05) is 19.0 Å². The number of hydrogen-bond donors (Lipinski definition) is 0. The van der Waals surface area contributed by atoms with Gasteiger partial charge >= 0.3 is 0 Å². The van der Waals surface area contributed by atoms with Crippen molar-refractivity contribution in [2.24, 2.45) is 5.92 Å². The highest BCUT2D eigenvalue weighted by Crippen LogP contribution is 2.29. The van der Waals surface area contributed by atoms with Crippen LogP contribution in [0.4, 0.5) is 0 Å². The highest BCUT2D eigenvalue weighted by Gasteiger charge is 2.24. The Labute approximate surface area is 119 Å². The molecule has 0 aliphatic carbocycles. The Bertz CT molecular complexity index is 393. The number of carbonyl (C=O) groups is 1. The van der Waals surface area contributed by atoms with Crippen LogP contribution in [-0.4, -0.2) is 29.8 Å². The van der Waals surface area contributed by atoms with Crippen LogP contribution in [0.5, 0.6) is 0 Å². The van der Waals surface area contributed by atoms with Crippen LogP contribution in [-0.2, 0) is 0 Å². The normalized spacial score (nSPS) is 17.5. The summed E-state index contributed by atoms with van der Waals surface area (Å²) in [5.74, 6) is 1.46. The number of amides is 1. The lowest BCUT2D eigenvalue weighted by Crippen LogP contribution is -2.38. The molecule has 0 saturated carbocycles. The van der Waals surface area contributed by atoms with Gasteiger partial charge in [0.15, 0.2) is 0 Å². The van der Waals surface area contributed by atoms with Crippen LogP contribution in [0.1, 0.15) is 28.1 Å². The molecule has 1 fully saturated rings. The van der Waals surface area contributed by atoms with Gasteiger partial charge in [-0.2, -0.15) is 0 Å². The molecule has 0 bridgehead atoms. The van der Waals surface area contributed by atoms with Gasteiger partial charge in [0.2, 0.25) is 0 Å². The van der Waals surface area contributed by atoms with Crippen LogP contribution in [0, 0.1) is 12.8 Å². The third kappa shape index (κ3) is 3.04. The van der Waals surface area contributed by atoms with Crippen LogP contribution < -0.4 is 0 Å². The molecular formula is C12H15BrClNOS. The van der Waals surface area contributed by atoms with Gasteiger partial charge < -0.3 is 4.90 Å². The molecule has 0 unspecified atom stereocenters. The molecule has 1 aliphatic rings. The van der Waals surface area contributed by atoms with Crippen molar-refractivity contribution in [1.82, 2.24) is 4.90 Å². The lowest BCUT2D eigenvalue weighted by atomic mass is 9.99. The van der Waals surface area contributed by atoms with Gasteiger partial charge in [0.1, 0.15) is 0 Å². The minimum atomic E-state index is 0.164. The van der Waals surface area contributed by atoms with Gasteiger partial charge in [-0.15, -0.1) is 22.9 Å². The number of carbonyl (C=O) groups excluding carboxylic acids is 1. The zero-order valence-corrected chi connectivity index (χ0v) is 12.9. The molecule has 94 valence electrons. The maximum Gasteiger partial charge on any atom is 0.263 e. The van der Waals surface area contributed by atoms with Crippen molar-refractivity contribution in [2.45, 2.75) is 19.8 Å². The smallest absolute Gasteiger partial charge is 0.263 e. The number of aryl methyl sites for hydroxylation is 1. The van der Waals surface area contributed by atoms with Crippen LogP contribution in [0.15, 0.2) is 9.85 Å². The summed E-state index contributed by atoms with van der Waals surface area (Å²) in [5, 5.41) is 0. The number of alkyl halides is 1. The van der Waals surface area contributed by atoms with Crippen molar-refractivity contribution >= 4 is 44.8 Å². The van der Waals surface area contributed by atoms with Crippen LogP contribution in [0.25, 0.3) is 0 Å². The van der Waals surface area contributed by atoms with Gasteiger partial charge in [0.05, 0.1) is 8.66 Å². The number of rotatable bonds is 2. The molecule has 1 amide bonds. The summed E-state index contributed by atoms with van der Waals surface area (Å²) in [6.07, 6.45) is 2.06. The van der Waals surface area contributed by atoms with E-state index in [9.17, 15) is 4.79 Å². The van der Waals surface area contributed by atoms with E-state index >= 15 is 0 Å². The van der Waals surface area contributed by atoms with Crippen molar-refractivity contribution in [3.63, 3.8) is 0 Å². The minimum Gasteiger partial charge on any atom is -0.338 e. The lowest BCUT2D eigenvalue weighted by molar-refractivity contribution is 0.0703. The predicted octanol–water partition coefficient (Wildman–Crippen LogP) is 3.91. The van der Waals surface area contributed by atoms with E-state index in [4.69, 9.17) is 11.6 Å². The molecule has 0 radical (unpaired) electrons. The van der Waals surface area contributed by atoms with E-state index in [-0.39, 0.29) is 5.91 Å². The maximum absolute atomic E-state index is 12.2. The molecule has 0 spiro atoms. The van der Waals surface area contributed by atoms with Gasteiger partial charge in [-0.25, -0.2) is 0 Å². The number of likely N-dealkylation sites (tertiary alicyclic amines) is 1. The van der Waals surface area contributed by atoms with Gasteiger partial charge in [0, 0.05) is 19.0 Å². The second kappa shape index (κ2) is 5.72. The molecule has 2 heterocycles. The predicted molar refractivity (Wildman–Crippen MR) is 76.1 cm³/mol. The summed E-state index contributed by atoms with van der Waals surface area (Å²) in [6.45, 7) is 3.69. The molecule has 1 aromatic heterocycles. The Morgan fingerprint density at radius 2 is 2.24 bits per heavy atom. The van der Waals surface area contributed by atoms with Gasteiger partial charge in [0.25, 0.3) is 5.91 Å². The molecule has 2 rings (SSSR count). The van der Waals surface area contributed by atoms with E-state index in [1.165, 1.54) is 11.3 Å². The minimum absolute atomic E-state index is 0.164. The highest BCUT2D eigenvalue weighted by molar-refractivity contribution is 9.11. The van der Waals surface area contributed by atoms with Crippen LogP contribution in [0.3, 0.4) is 0 Å². The molecule has 1 aliphatic heterocycles. The third-order valence-corrected chi connectivity index (χ3v) is 5.75. The van der Waals surface area contributed by atoms with E-state index in [0.29, 0.717) is 11.8 Å². The molecule has 2 nitrogen and oxygen atoms in total. The Hall–Kier alpha value is -0.0600. The monoisotopic (exact) mass is 335 g/mol. The van der Waals surface area contributed by atoms with E-state index in [1.54, 1.807) is 0 Å². The summed E-state index contributed by atoms with van der Waals surface area (Å²) >= 11 is 10.8. The van der Waals surface area contributed by atoms with Crippen LogP contribution >= 0.6 is 38.9 Å². The zero-order valence-electron chi connectivity index (χ0n) is 9.71. The van der Waals surface area contributed by atoms with Crippen molar-refractivity contribution in [1.29, 1.82) is 0 Å². The van der Waals surface area contributed by atoms with E-state index in [2.05, 4.69) is 15.9 Å². The fraction of sp³-hybridized carbons (Fsp3) is 0.583. The average molecular weight is 337 g/mol. The Balaban J connectivity index is 2.01. The average Bonchev–Trinajstić information content (AvgIpc) is 2.69. The molecule has 0 aromatic carbocycles. The molecule has 0 atom stereocenters. The topological polar surface area (TPSA) is 20.3 Å². The number of hydrogen-bond acceptors (Lipinski definition) is 2.